The predicted octanol–water partition coefficient (Wildman–Crippen LogP) is 3.92. The predicted molar refractivity (Wildman–Crippen MR) is 114 cm³/mol. The summed E-state index contributed by atoms with van der Waals surface area (Å²) in [6.45, 7) is 2.51. The number of alkyl halides is 3. The molecular weight excluding hydrogens is 461 g/mol. The van der Waals surface area contributed by atoms with Gasteiger partial charge >= 0.3 is 12.1 Å². The van der Waals surface area contributed by atoms with Crippen molar-refractivity contribution < 1.29 is 35.9 Å². The fourth-order valence-corrected chi connectivity index (χ4v) is 4.66. The Hall–Kier alpha value is -3.08. The average Bonchev–Trinajstić information content (AvgIpc) is 2.78. The SMILES string of the molecule is CCOC(=O)[C@@H]1CCCN(C(=O)c2cccc(S(=O)(=O)Nc3cccc(C(F)(F)F)c3)c2)C1. The molecule has 1 aliphatic heterocycles. The van der Waals surface area contributed by atoms with Crippen molar-refractivity contribution in [2.45, 2.75) is 30.8 Å². The maximum atomic E-state index is 13.0. The Morgan fingerprint density at radius 3 is 2.58 bits per heavy atom. The van der Waals surface area contributed by atoms with Gasteiger partial charge in [0.1, 0.15) is 0 Å². The van der Waals surface area contributed by atoms with Crippen LogP contribution in [0.4, 0.5) is 18.9 Å². The lowest BCUT2D eigenvalue weighted by atomic mass is 9.97. The minimum Gasteiger partial charge on any atom is -0.466 e. The van der Waals surface area contributed by atoms with Gasteiger partial charge in [-0.3, -0.25) is 14.3 Å². The van der Waals surface area contributed by atoms with E-state index in [4.69, 9.17) is 4.74 Å². The second-order valence-corrected chi connectivity index (χ2v) is 9.24. The fourth-order valence-electron chi connectivity index (χ4n) is 3.57. The van der Waals surface area contributed by atoms with Crippen LogP contribution in [0.15, 0.2) is 53.4 Å². The van der Waals surface area contributed by atoms with E-state index < -0.39 is 33.6 Å². The molecule has 1 amide bonds. The third kappa shape index (κ3) is 6.04. The summed E-state index contributed by atoms with van der Waals surface area (Å²) in [4.78, 5) is 26.2. The van der Waals surface area contributed by atoms with Crippen LogP contribution in [-0.2, 0) is 25.7 Å². The zero-order valence-electron chi connectivity index (χ0n) is 17.8. The monoisotopic (exact) mass is 484 g/mol. The highest BCUT2D eigenvalue weighted by Crippen LogP contribution is 2.31. The van der Waals surface area contributed by atoms with E-state index in [0.29, 0.717) is 25.5 Å². The highest BCUT2D eigenvalue weighted by molar-refractivity contribution is 7.92. The zero-order chi connectivity index (χ0) is 24.2. The summed E-state index contributed by atoms with van der Waals surface area (Å²) in [7, 11) is -4.26. The van der Waals surface area contributed by atoms with Crippen LogP contribution in [-0.4, -0.2) is 44.9 Å². The van der Waals surface area contributed by atoms with Gasteiger partial charge in [-0.25, -0.2) is 8.42 Å². The number of esters is 1. The minimum atomic E-state index is -4.62. The molecule has 0 bridgehead atoms. The molecule has 0 spiro atoms. The first-order valence-corrected chi connectivity index (χ1v) is 11.8. The largest absolute Gasteiger partial charge is 0.466 e. The van der Waals surface area contributed by atoms with Crippen LogP contribution < -0.4 is 4.72 Å². The van der Waals surface area contributed by atoms with Gasteiger partial charge in [-0.1, -0.05) is 12.1 Å². The molecule has 7 nitrogen and oxygen atoms in total. The second-order valence-electron chi connectivity index (χ2n) is 7.55. The van der Waals surface area contributed by atoms with Gasteiger partial charge < -0.3 is 9.64 Å². The third-order valence-corrected chi connectivity index (χ3v) is 6.54. The molecule has 1 N–H and O–H groups in total. The van der Waals surface area contributed by atoms with Crippen molar-refractivity contribution in [2.24, 2.45) is 5.92 Å². The van der Waals surface area contributed by atoms with Crippen molar-refractivity contribution in [1.29, 1.82) is 0 Å². The molecule has 11 heteroatoms. The van der Waals surface area contributed by atoms with Crippen molar-refractivity contribution >= 4 is 27.6 Å². The number of amides is 1. The van der Waals surface area contributed by atoms with Gasteiger partial charge in [0.15, 0.2) is 0 Å². The maximum absolute atomic E-state index is 13.0. The number of carbonyl (C=O) groups is 2. The first-order valence-electron chi connectivity index (χ1n) is 10.3. The molecule has 3 rings (SSSR count). The first-order chi connectivity index (χ1) is 15.5. The lowest BCUT2D eigenvalue weighted by Gasteiger charge is -2.31. The Kier molecular flexibility index (Phi) is 7.31. The van der Waals surface area contributed by atoms with Gasteiger partial charge in [0.05, 0.1) is 23.0 Å². The highest BCUT2D eigenvalue weighted by atomic mass is 32.2. The number of piperidine rings is 1. The normalized spacial score (nSPS) is 16.8. The Morgan fingerprint density at radius 1 is 1.15 bits per heavy atom. The van der Waals surface area contributed by atoms with E-state index in [1.165, 1.54) is 29.2 Å². The third-order valence-electron chi connectivity index (χ3n) is 5.16. The van der Waals surface area contributed by atoms with E-state index in [1.54, 1.807) is 6.92 Å². The smallest absolute Gasteiger partial charge is 0.416 e. The zero-order valence-corrected chi connectivity index (χ0v) is 18.6. The number of sulfonamides is 1. The van der Waals surface area contributed by atoms with E-state index in [-0.39, 0.29) is 35.3 Å². The highest BCUT2D eigenvalue weighted by Gasteiger charge is 2.32. The number of halogens is 3. The van der Waals surface area contributed by atoms with Crippen molar-refractivity contribution in [3.63, 3.8) is 0 Å². The van der Waals surface area contributed by atoms with Crippen LogP contribution >= 0.6 is 0 Å². The molecule has 33 heavy (non-hydrogen) atoms. The summed E-state index contributed by atoms with van der Waals surface area (Å²) in [6.07, 6.45) is -3.42. The lowest BCUT2D eigenvalue weighted by Crippen LogP contribution is -2.42. The number of hydrogen-bond acceptors (Lipinski definition) is 5. The van der Waals surface area contributed by atoms with Crippen molar-refractivity contribution in [3.8, 4) is 0 Å². The van der Waals surface area contributed by atoms with Crippen molar-refractivity contribution in [1.82, 2.24) is 4.90 Å². The number of carbonyl (C=O) groups excluding carboxylic acids is 2. The molecule has 1 saturated heterocycles. The van der Waals surface area contributed by atoms with Crippen LogP contribution in [0.1, 0.15) is 35.7 Å². The van der Waals surface area contributed by atoms with Gasteiger partial charge in [-0.05, 0) is 56.2 Å². The molecule has 0 saturated carbocycles. The van der Waals surface area contributed by atoms with Crippen molar-refractivity contribution in [3.05, 3.63) is 59.7 Å². The van der Waals surface area contributed by atoms with Crippen LogP contribution in [0.3, 0.4) is 0 Å². The molecule has 2 aromatic rings. The molecule has 0 aliphatic carbocycles. The molecule has 1 heterocycles. The summed E-state index contributed by atoms with van der Waals surface area (Å²) in [5.41, 5.74) is -1.16. The van der Waals surface area contributed by atoms with E-state index in [0.717, 1.165) is 18.2 Å². The van der Waals surface area contributed by atoms with Crippen LogP contribution in [0, 0.1) is 5.92 Å². The first kappa shape index (κ1) is 24.6. The number of nitrogens with zero attached hydrogens (tertiary/aromatic N) is 1. The standard InChI is InChI=1S/C22H23F3N2O5S/c1-2-32-21(29)16-7-5-11-27(14-16)20(28)15-6-3-10-19(12-15)33(30,31)26-18-9-4-8-17(13-18)22(23,24)25/h3-4,6,8-10,12-13,16,26H,2,5,7,11,14H2,1H3/t16-/m1/s1. The summed E-state index contributed by atoms with van der Waals surface area (Å²) in [6, 6.07) is 9.04. The number of rotatable bonds is 6. The minimum absolute atomic E-state index is 0.0893. The maximum Gasteiger partial charge on any atom is 0.416 e. The lowest BCUT2D eigenvalue weighted by molar-refractivity contribution is -0.149. The summed E-state index contributed by atoms with van der Waals surface area (Å²) >= 11 is 0. The number of likely N-dealkylation sites (tertiary alicyclic amines) is 1. The fraction of sp³-hybridized carbons (Fsp3) is 0.364. The molecule has 178 valence electrons. The quantitative estimate of drug-likeness (QED) is 0.628. The van der Waals surface area contributed by atoms with Gasteiger partial charge in [-0.15, -0.1) is 0 Å². The van der Waals surface area contributed by atoms with Gasteiger partial charge in [0, 0.05) is 24.3 Å². The molecule has 0 aromatic heterocycles. The Labute approximate surface area is 189 Å². The number of benzene rings is 2. The van der Waals surface area contributed by atoms with E-state index >= 15 is 0 Å². The molecule has 0 unspecified atom stereocenters. The molecule has 1 fully saturated rings. The van der Waals surface area contributed by atoms with Gasteiger partial charge in [0.25, 0.3) is 15.9 Å². The number of anilines is 1. The Morgan fingerprint density at radius 2 is 1.88 bits per heavy atom. The van der Waals surface area contributed by atoms with Crippen LogP contribution in [0.2, 0.25) is 0 Å². The molecular formula is C22H23F3N2O5S. The number of hydrogen-bond donors (Lipinski definition) is 1. The Balaban J connectivity index is 1.78. The molecule has 0 radical (unpaired) electrons. The molecule has 1 aliphatic rings. The summed E-state index contributed by atoms with van der Waals surface area (Å²) < 4.78 is 71.4. The van der Waals surface area contributed by atoms with Gasteiger partial charge in [0.2, 0.25) is 0 Å². The summed E-state index contributed by atoms with van der Waals surface area (Å²) in [5.74, 6) is -1.27. The van der Waals surface area contributed by atoms with Crippen LogP contribution in [0.25, 0.3) is 0 Å². The van der Waals surface area contributed by atoms with E-state index in [1.807, 2.05) is 0 Å². The topological polar surface area (TPSA) is 92.8 Å². The van der Waals surface area contributed by atoms with E-state index in [2.05, 4.69) is 4.72 Å². The van der Waals surface area contributed by atoms with Gasteiger partial charge in [-0.2, -0.15) is 13.2 Å². The Bertz CT molecular complexity index is 1130. The van der Waals surface area contributed by atoms with Crippen molar-refractivity contribution in [2.75, 3.05) is 24.4 Å². The average molecular weight is 484 g/mol. The number of nitrogens with one attached hydrogen (secondary N) is 1. The number of ether oxygens (including phenoxy) is 1. The molecule has 1 atom stereocenters. The summed E-state index contributed by atoms with van der Waals surface area (Å²) in [5, 5.41) is 0. The molecule has 2 aromatic carbocycles. The second kappa shape index (κ2) is 9.82. The van der Waals surface area contributed by atoms with E-state index in [9.17, 15) is 31.2 Å². The van der Waals surface area contributed by atoms with Crippen LogP contribution in [0.5, 0.6) is 0 Å².